The molecule has 0 saturated heterocycles. The Morgan fingerprint density at radius 1 is 0.818 bits per heavy atom. The number of hydrogen-bond acceptors (Lipinski definition) is 4. The van der Waals surface area contributed by atoms with Gasteiger partial charge in [0.2, 0.25) is 0 Å². The third-order valence-electron chi connectivity index (χ3n) is 3.96. The van der Waals surface area contributed by atoms with E-state index < -0.39 is 0 Å². The van der Waals surface area contributed by atoms with E-state index >= 15 is 0 Å². The Morgan fingerprint density at radius 3 is 2.00 bits per heavy atom. The predicted octanol–water partition coefficient (Wildman–Crippen LogP) is 3.12. The van der Waals surface area contributed by atoms with Crippen molar-refractivity contribution in [2.24, 2.45) is 5.92 Å². The first-order valence-electron chi connectivity index (χ1n) is 9.05. The van der Waals surface area contributed by atoms with Crippen LogP contribution in [0.3, 0.4) is 0 Å². The Bertz CT molecular complexity index is 235. The molecular weight excluding hydrogens is 276 g/mol. The molecule has 0 aromatic heterocycles. The maximum atomic E-state index is 5.63. The van der Waals surface area contributed by atoms with Crippen molar-refractivity contribution in [3.8, 4) is 0 Å². The molecule has 0 aliphatic heterocycles. The topological polar surface area (TPSA) is 24.9 Å². The van der Waals surface area contributed by atoms with Crippen LogP contribution in [-0.4, -0.2) is 75.5 Å². The summed E-state index contributed by atoms with van der Waals surface area (Å²) >= 11 is 0. The van der Waals surface area contributed by atoms with Crippen LogP contribution in [0.15, 0.2) is 0 Å². The minimum atomic E-state index is 0.627. The molecule has 0 atom stereocenters. The summed E-state index contributed by atoms with van der Waals surface area (Å²) in [5.74, 6) is 0.773. The van der Waals surface area contributed by atoms with Gasteiger partial charge in [0, 0.05) is 32.3 Å². The Labute approximate surface area is 139 Å². The highest BCUT2D eigenvalue weighted by Gasteiger charge is 2.07. The monoisotopic (exact) mass is 316 g/mol. The molecule has 4 nitrogen and oxygen atoms in total. The van der Waals surface area contributed by atoms with Gasteiger partial charge in [0.25, 0.3) is 0 Å². The van der Waals surface area contributed by atoms with Crippen LogP contribution in [-0.2, 0) is 9.47 Å². The molecule has 4 heteroatoms. The lowest BCUT2D eigenvalue weighted by Crippen LogP contribution is -2.38. The largest absolute Gasteiger partial charge is 0.379 e. The molecule has 0 N–H and O–H groups in total. The van der Waals surface area contributed by atoms with E-state index in [1.54, 1.807) is 0 Å². The molecule has 0 rings (SSSR count). The Balaban J connectivity index is 3.36. The zero-order chi connectivity index (χ0) is 16.8. The fourth-order valence-electron chi connectivity index (χ4n) is 2.33. The molecule has 0 spiro atoms. The summed E-state index contributed by atoms with van der Waals surface area (Å²) < 4.78 is 11.2. The maximum Gasteiger partial charge on any atom is 0.0701 e. The van der Waals surface area contributed by atoms with Crippen molar-refractivity contribution in [3.05, 3.63) is 0 Å². The van der Waals surface area contributed by atoms with E-state index in [-0.39, 0.29) is 0 Å². The summed E-state index contributed by atoms with van der Waals surface area (Å²) in [5, 5.41) is 0. The maximum absolute atomic E-state index is 5.63. The fraction of sp³-hybridized carbons (Fsp3) is 1.00. The van der Waals surface area contributed by atoms with Crippen molar-refractivity contribution in [2.75, 3.05) is 59.7 Å². The molecule has 0 aromatic carbocycles. The van der Waals surface area contributed by atoms with Gasteiger partial charge in [0.05, 0.1) is 19.8 Å². The summed E-state index contributed by atoms with van der Waals surface area (Å²) in [4.78, 5) is 4.83. The molecule has 0 fully saturated rings. The van der Waals surface area contributed by atoms with Crippen LogP contribution in [0.4, 0.5) is 0 Å². The average Bonchev–Trinajstić information content (AvgIpc) is 2.45. The van der Waals surface area contributed by atoms with Crippen LogP contribution in [0.5, 0.6) is 0 Å². The Morgan fingerprint density at radius 2 is 1.45 bits per heavy atom. The molecule has 22 heavy (non-hydrogen) atoms. The molecule has 0 saturated carbocycles. The number of nitrogens with zero attached hydrogens (tertiary/aromatic N) is 2. The standard InChI is InChI=1S/C18H40N2O2/c1-7-20(18(4)5)11-10-19(6)12-14-22-16-15-21-13-8-9-17(2)3/h17-18H,7-16H2,1-6H3. The van der Waals surface area contributed by atoms with Crippen molar-refractivity contribution < 1.29 is 9.47 Å². The van der Waals surface area contributed by atoms with Crippen molar-refractivity contribution in [1.82, 2.24) is 9.80 Å². The molecule has 0 aliphatic carbocycles. The normalized spacial score (nSPS) is 12.3. The molecule has 134 valence electrons. The second-order valence-electron chi connectivity index (χ2n) is 6.79. The van der Waals surface area contributed by atoms with Crippen molar-refractivity contribution in [3.63, 3.8) is 0 Å². The van der Waals surface area contributed by atoms with Crippen molar-refractivity contribution >= 4 is 0 Å². The zero-order valence-corrected chi connectivity index (χ0v) is 15.9. The van der Waals surface area contributed by atoms with Gasteiger partial charge in [-0.25, -0.2) is 0 Å². The van der Waals surface area contributed by atoms with E-state index in [1.165, 1.54) is 6.42 Å². The minimum Gasteiger partial charge on any atom is -0.379 e. The SMILES string of the molecule is CCN(CCN(C)CCOCCOCCCC(C)C)C(C)C. The van der Waals surface area contributed by atoms with Crippen LogP contribution >= 0.6 is 0 Å². The summed E-state index contributed by atoms with van der Waals surface area (Å²) in [6, 6.07) is 0.627. The smallest absolute Gasteiger partial charge is 0.0701 e. The average molecular weight is 317 g/mol. The first-order chi connectivity index (χ1) is 10.5. The summed E-state index contributed by atoms with van der Waals surface area (Å²) in [7, 11) is 2.17. The van der Waals surface area contributed by atoms with Gasteiger partial charge in [-0.3, -0.25) is 4.90 Å². The second kappa shape index (κ2) is 14.4. The number of likely N-dealkylation sites (N-methyl/N-ethyl adjacent to an activating group) is 2. The number of hydrogen-bond donors (Lipinski definition) is 0. The van der Waals surface area contributed by atoms with Gasteiger partial charge in [-0.05, 0) is 46.2 Å². The van der Waals surface area contributed by atoms with E-state index in [0.717, 1.165) is 58.3 Å². The van der Waals surface area contributed by atoms with E-state index in [2.05, 4.69) is 51.5 Å². The fourth-order valence-corrected chi connectivity index (χ4v) is 2.33. The highest BCUT2D eigenvalue weighted by atomic mass is 16.5. The second-order valence-corrected chi connectivity index (χ2v) is 6.79. The lowest BCUT2D eigenvalue weighted by molar-refractivity contribution is 0.0382. The van der Waals surface area contributed by atoms with Gasteiger partial charge in [-0.15, -0.1) is 0 Å². The first kappa shape index (κ1) is 21.8. The van der Waals surface area contributed by atoms with E-state index in [9.17, 15) is 0 Å². The third kappa shape index (κ3) is 13.5. The first-order valence-corrected chi connectivity index (χ1v) is 9.05. The van der Waals surface area contributed by atoms with Gasteiger partial charge in [-0.1, -0.05) is 20.8 Å². The van der Waals surface area contributed by atoms with Gasteiger partial charge in [-0.2, -0.15) is 0 Å². The molecular formula is C18H40N2O2. The molecule has 0 aromatic rings. The third-order valence-corrected chi connectivity index (χ3v) is 3.96. The highest BCUT2D eigenvalue weighted by molar-refractivity contribution is 4.63. The lowest BCUT2D eigenvalue weighted by Gasteiger charge is -2.27. The molecule has 0 heterocycles. The molecule has 0 aliphatic rings. The summed E-state index contributed by atoms with van der Waals surface area (Å²) in [6.45, 7) is 18.7. The predicted molar refractivity (Wildman–Crippen MR) is 95.6 cm³/mol. The van der Waals surface area contributed by atoms with Crippen LogP contribution < -0.4 is 0 Å². The van der Waals surface area contributed by atoms with E-state index in [1.807, 2.05) is 0 Å². The van der Waals surface area contributed by atoms with Gasteiger partial charge in [0.1, 0.15) is 0 Å². The Hall–Kier alpha value is -0.160. The van der Waals surface area contributed by atoms with E-state index in [4.69, 9.17) is 9.47 Å². The minimum absolute atomic E-state index is 0.627. The van der Waals surface area contributed by atoms with Crippen LogP contribution in [0.1, 0.15) is 47.5 Å². The zero-order valence-electron chi connectivity index (χ0n) is 15.9. The quantitative estimate of drug-likeness (QED) is 0.433. The van der Waals surface area contributed by atoms with Gasteiger partial charge >= 0.3 is 0 Å². The Kier molecular flexibility index (Phi) is 14.3. The summed E-state index contributed by atoms with van der Waals surface area (Å²) in [5.41, 5.74) is 0. The number of ether oxygens (including phenoxy) is 2. The van der Waals surface area contributed by atoms with Crippen LogP contribution in [0.2, 0.25) is 0 Å². The van der Waals surface area contributed by atoms with Crippen molar-refractivity contribution in [2.45, 2.75) is 53.5 Å². The lowest BCUT2D eigenvalue weighted by atomic mass is 10.1. The highest BCUT2D eigenvalue weighted by Crippen LogP contribution is 2.02. The molecule has 0 amide bonds. The molecule has 0 bridgehead atoms. The van der Waals surface area contributed by atoms with Crippen LogP contribution in [0, 0.1) is 5.92 Å². The molecule has 0 radical (unpaired) electrons. The van der Waals surface area contributed by atoms with E-state index in [0.29, 0.717) is 12.6 Å². The summed E-state index contributed by atoms with van der Waals surface area (Å²) in [6.07, 6.45) is 2.40. The molecule has 0 unspecified atom stereocenters. The van der Waals surface area contributed by atoms with Crippen LogP contribution in [0.25, 0.3) is 0 Å². The van der Waals surface area contributed by atoms with Gasteiger partial charge in [0.15, 0.2) is 0 Å². The van der Waals surface area contributed by atoms with Crippen molar-refractivity contribution in [1.29, 1.82) is 0 Å². The number of rotatable bonds is 15. The van der Waals surface area contributed by atoms with Gasteiger partial charge < -0.3 is 14.4 Å².